The summed E-state index contributed by atoms with van der Waals surface area (Å²) in [5, 5.41) is 4.91. The maximum atomic E-state index is 13.2. The number of carbonyl (C=O) groups is 2. The first-order valence-corrected chi connectivity index (χ1v) is 14.1. The summed E-state index contributed by atoms with van der Waals surface area (Å²) in [6.45, 7) is 12.4. The maximum Gasteiger partial charge on any atom is 0.258 e. The Labute approximate surface area is 245 Å². The average Bonchev–Trinajstić information content (AvgIpc) is 3.15. The van der Waals surface area contributed by atoms with Crippen LogP contribution in [-0.4, -0.2) is 22.5 Å². The molecule has 210 valence electrons. The van der Waals surface area contributed by atoms with Gasteiger partial charge in [-0.2, -0.15) is 0 Å². The molecule has 40 heavy (non-hydrogen) atoms. The van der Waals surface area contributed by atoms with Crippen molar-refractivity contribution in [3.05, 3.63) is 98.2 Å². The summed E-state index contributed by atoms with van der Waals surface area (Å²) in [5.41, 5.74) is 12.1. The van der Waals surface area contributed by atoms with E-state index >= 15 is 0 Å². The molecular weight excluding hydrogens is 545 g/mol. The molecule has 0 radical (unpaired) electrons. The molecule has 2 atom stereocenters. The highest BCUT2D eigenvalue weighted by Gasteiger charge is 2.19. The van der Waals surface area contributed by atoms with E-state index < -0.39 is 12.0 Å². The molecule has 0 saturated carbocycles. The Morgan fingerprint density at radius 1 is 0.950 bits per heavy atom. The minimum Gasteiger partial charge on any atom is -0.479 e. The van der Waals surface area contributed by atoms with Crippen LogP contribution in [0.3, 0.4) is 0 Å². The number of carbonyl (C=O) groups excluding carboxylic acids is 2. The topological polar surface area (TPSA) is 86.3 Å². The first-order chi connectivity index (χ1) is 18.9. The van der Waals surface area contributed by atoms with Crippen LogP contribution in [0.2, 0.25) is 10.0 Å². The third kappa shape index (κ3) is 6.13. The van der Waals surface area contributed by atoms with Crippen LogP contribution in [-0.2, 0) is 11.3 Å². The van der Waals surface area contributed by atoms with E-state index in [0.29, 0.717) is 33.8 Å². The Balaban J connectivity index is 1.61. The summed E-state index contributed by atoms with van der Waals surface area (Å²) in [5.74, 6) is 0.0419. The number of nitrogens with two attached hydrogens (primary N) is 1. The van der Waals surface area contributed by atoms with Gasteiger partial charge in [-0.25, -0.2) is 0 Å². The van der Waals surface area contributed by atoms with Crippen LogP contribution in [0.1, 0.15) is 78.0 Å². The molecule has 0 fully saturated rings. The lowest BCUT2D eigenvalue weighted by molar-refractivity contribution is -0.123. The molecule has 0 bridgehead atoms. The van der Waals surface area contributed by atoms with Gasteiger partial charge in [0.25, 0.3) is 11.8 Å². The van der Waals surface area contributed by atoms with E-state index in [1.165, 1.54) is 5.56 Å². The highest BCUT2D eigenvalue weighted by atomic mass is 35.5. The Bertz CT molecular complexity index is 1590. The maximum absolute atomic E-state index is 13.2. The zero-order valence-electron chi connectivity index (χ0n) is 23.6. The van der Waals surface area contributed by atoms with Gasteiger partial charge in [-0.3, -0.25) is 9.59 Å². The highest BCUT2D eigenvalue weighted by Crippen LogP contribution is 2.34. The number of aromatic nitrogens is 1. The smallest absolute Gasteiger partial charge is 0.258 e. The van der Waals surface area contributed by atoms with Gasteiger partial charge in [-0.05, 0) is 86.2 Å². The van der Waals surface area contributed by atoms with E-state index in [9.17, 15) is 9.59 Å². The third-order valence-corrected chi connectivity index (χ3v) is 8.11. The molecular formula is C32H35Cl2N3O3. The molecule has 1 unspecified atom stereocenters. The minimum absolute atomic E-state index is 0.125. The lowest BCUT2D eigenvalue weighted by Gasteiger charge is -2.17. The second-order valence-electron chi connectivity index (χ2n) is 10.6. The quantitative estimate of drug-likeness (QED) is 0.215. The van der Waals surface area contributed by atoms with Crippen molar-refractivity contribution < 1.29 is 14.3 Å². The summed E-state index contributed by atoms with van der Waals surface area (Å²) in [6, 6.07) is 17.3. The number of rotatable bonds is 9. The van der Waals surface area contributed by atoms with Crippen molar-refractivity contribution in [3.63, 3.8) is 0 Å². The third-order valence-electron chi connectivity index (χ3n) is 7.46. The molecule has 1 aromatic heterocycles. The van der Waals surface area contributed by atoms with Gasteiger partial charge in [0, 0.05) is 33.7 Å². The number of benzene rings is 3. The number of fused-ring (bicyclic) bond motifs is 1. The van der Waals surface area contributed by atoms with E-state index in [2.05, 4.69) is 35.9 Å². The van der Waals surface area contributed by atoms with Crippen LogP contribution in [0.15, 0.2) is 54.6 Å². The Hall–Kier alpha value is -3.48. The molecule has 4 rings (SSSR count). The number of nitrogens with one attached hydrogen (secondary N) is 1. The van der Waals surface area contributed by atoms with Crippen LogP contribution in [0.4, 0.5) is 0 Å². The van der Waals surface area contributed by atoms with E-state index in [1.54, 1.807) is 19.1 Å². The molecule has 0 saturated heterocycles. The molecule has 6 nitrogen and oxygen atoms in total. The van der Waals surface area contributed by atoms with Crippen LogP contribution in [0, 0.1) is 13.8 Å². The number of aryl methyl sites for hydroxylation is 1. The van der Waals surface area contributed by atoms with Crippen molar-refractivity contribution in [2.24, 2.45) is 5.73 Å². The summed E-state index contributed by atoms with van der Waals surface area (Å²) < 4.78 is 7.81. The summed E-state index contributed by atoms with van der Waals surface area (Å²) in [7, 11) is 0. The number of halogens is 2. The molecule has 8 heteroatoms. The molecule has 1 heterocycles. The van der Waals surface area contributed by atoms with Gasteiger partial charge in [0.05, 0.1) is 11.1 Å². The zero-order chi connectivity index (χ0) is 29.3. The largest absolute Gasteiger partial charge is 0.479 e. The van der Waals surface area contributed by atoms with Crippen LogP contribution < -0.4 is 15.8 Å². The van der Waals surface area contributed by atoms with Gasteiger partial charge in [-0.15, -0.1) is 0 Å². The summed E-state index contributed by atoms with van der Waals surface area (Å²) in [6.07, 6.45) is -0.839. The Morgan fingerprint density at radius 2 is 1.65 bits per heavy atom. The van der Waals surface area contributed by atoms with Gasteiger partial charge in [0.15, 0.2) is 6.10 Å². The van der Waals surface area contributed by atoms with Crippen LogP contribution >= 0.6 is 23.2 Å². The summed E-state index contributed by atoms with van der Waals surface area (Å²) in [4.78, 5) is 24.7. The second-order valence-corrected chi connectivity index (χ2v) is 11.4. The first kappa shape index (κ1) is 29.5. The fourth-order valence-corrected chi connectivity index (χ4v) is 5.23. The number of primary amides is 1. The van der Waals surface area contributed by atoms with Crippen molar-refractivity contribution in [2.45, 2.75) is 66.2 Å². The molecule has 0 aliphatic rings. The van der Waals surface area contributed by atoms with E-state index in [-0.39, 0.29) is 11.9 Å². The Kier molecular flexibility index (Phi) is 8.81. The van der Waals surface area contributed by atoms with Crippen LogP contribution in [0.5, 0.6) is 5.75 Å². The highest BCUT2D eigenvalue weighted by molar-refractivity contribution is 6.36. The summed E-state index contributed by atoms with van der Waals surface area (Å²) >= 11 is 12.9. The van der Waals surface area contributed by atoms with E-state index in [0.717, 1.165) is 33.3 Å². The second kappa shape index (κ2) is 11.9. The van der Waals surface area contributed by atoms with E-state index in [1.807, 2.05) is 51.1 Å². The van der Waals surface area contributed by atoms with Crippen LogP contribution in [0.25, 0.3) is 10.9 Å². The van der Waals surface area contributed by atoms with E-state index in [4.69, 9.17) is 33.7 Å². The molecule has 0 aliphatic carbocycles. The van der Waals surface area contributed by atoms with Gasteiger partial charge >= 0.3 is 0 Å². The number of hydrogen-bond acceptors (Lipinski definition) is 3. The number of nitrogens with zero attached hydrogens (tertiary/aromatic N) is 1. The number of hydrogen-bond donors (Lipinski definition) is 2. The SMILES string of the molecule is Cc1c(C)n(Cc2cc(OC(C)C(N)=O)c(Cl)cc2Cl)c2ccc(C(=O)N[C@@H](C)c3cccc(C(C)C)c3)cc12. The molecule has 3 N–H and O–H groups in total. The van der Waals surface area contributed by atoms with Crippen molar-refractivity contribution in [2.75, 3.05) is 0 Å². The fraction of sp³-hybridized carbons (Fsp3) is 0.312. The van der Waals surface area contributed by atoms with Gasteiger partial charge in [0.1, 0.15) is 5.75 Å². The van der Waals surface area contributed by atoms with Crippen molar-refractivity contribution in [3.8, 4) is 5.75 Å². The first-order valence-electron chi connectivity index (χ1n) is 13.3. The van der Waals surface area contributed by atoms with Crippen molar-refractivity contribution >= 4 is 45.9 Å². The zero-order valence-corrected chi connectivity index (χ0v) is 25.2. The molecule has 3 aromatic carbocycles. The number of amides is 2. The Morgan fingerprint density at radius 3 is 2.33 bits per heavy atom. The molecule has 2 amide bonds. The molecule has 4 aromatic rings. The predicted octanol–water partition coefficient (Wildman–Crippen LogP) is 7.48. The molecule has 0 aliphatic heterocycles. The van der Waals surface area contributed by atoms with Gasteiger partial charge in [-0.1, -0.05) is 61.3 Å². The monoisotopic (exact) mass is 579 g/mol. The van der Waals surface area contributed by atoms with Gasteiger partial charge < -0.3 is 20.4 Å². The lowest BCUT2D eigenvalue weighted by atomic mass is 9.98. The van der Waals surface area contributed by atoms with Crippen molar-refractivity contribution in [1.82, 2.24) is 9.88 Å². The molecule has 0 spiro atoms. The normalized spacial score (nSPS) is 12.9. The average molecular weight is 581 g/mol. The number of ether oxygens (including phenoxy) is 1. The van der Waals surface area contributed by atoms with Gasteiger partial charge in [0.2, 0.25) is 0 Å². The van der Waals surface area contributed by atoms with Crippen molar-refractivity contribution in [1.29, 1.82) is 0 Å². The standard InChI is InChI=1S/C32H35Cl2N3O3/c1-17(2)22-8-7-9-23(12-22)19(4)36-32(39)24-10-11-29-26(13-24)18(3)20(5)37(29)16-25-14-30(28(34)15-27(25)33)40-21(6)31(35)38/h7-15,17,19,21H,16H2,1-6H3,(H2,35,38)(H,36,39)/t19-,21?/m0/s1. The fourth-order valence-electron chi connectivity index (χ4n) is 4.75. The predicted molar refractivity (Wildman–Crippen MR) is 163 cm³/mol. The lowest BCUT2D eigenvalue weighted by Crippen LogP contribution is -2.30. The minimum atomic E-state index is -0.839.